The molecule has 0 radical (unpaired) electrons. The van der Waals surface area contributed by atoms with E-state index in [9.17, 15) is 4.79 Å². The van der Waals surface area contributed by atoms with Crippen molar-refractivity contribution in [2.24, 2.45) is 0 Å². The summed E-state index contributed by atoms with van der Waals surface area (Å²) in [5.74, 6) is 1.72. The van der Waals surface area contributed by atoms with E-state index in [0.717, 1.165) is 11.3 Å². The zero-order valence-electron chi connectivity index (χ0n) is 15.5. The number of aromatic nitrogens is 1. The highest BCUT2D eigenvalue weighted by Crippen LogP contribution is 2.30. The lowest BCUT2D eigenvalue weighted by molar-refractivity contribution is 0.0950. The quantitative estimate of drug-likeness (QED) is 0.617. The second kappa shape index (κ2) is 9.10. The number of amides is 1. The van der Waals surface area contributed by atoms with Gasteiger partial charge in [0.2, 0.25) is 0 Å². The van der Waals surface area contributed by atoms with E-state index in [4.69, 9.17) is 21.1 Å². The van der Waals surface area contributed by atoms with Crippen molar-refractivity contribution in [2.75, 3.05) is 19.5 Å². The lowest BCUT2D eigenvalue weighted by Crippen LogP contribution is -2.22. The van der Waals surface area contributed by atoms with Crippen molar-refractivity contribution in [3.05, 3.63) is 76.9 Å². The Balaban J connectivity index is 1.63. The number of hydrogen-bond acceptors (Lipinski definition) is 5. The average molecular weight is 398 g/mol. The molecule has 2 aromatic carbocycles. The first-order valence-corrected chi connectivity index (χ1v) is 8.94. The van der Waals surface area contributed by atoms with Gasteiger partial charge in [0, 0.05) is 23.8 Å². The number of halogens is 1. The first-order chi connectivity index (χ1) is 13.6. The number of rotatable bonds is 7. The van der Waals surface area contributed by atoms with Crippen molar-refractivity contribution in [1.29, 1.82) is 0 Å². The van der Waals surface area contributed by atoms with Crippen LogP contribution in [0.15, 0.2) is 60.8 Å². The molecule has 0 aliphatic heterocycles. The Morgan fingerprint density at radius 1 is 1.04 bits per heavy atom. The smallest absolute Gasteiger partial charge is 0.253 e. The number of anilines is 2. The molecule has 3 rings (SSSR count). The molecule has 0 saturated carbocycles. The minimum Gasteiger partial charge on any atom is -0.497 e. The largest absolute Gasteiger partial charge is 0.497 e. The number of nitrogens with zero attached hydrogens (tertiary/aromatic N) is 1. The summed E-state index contributed by atoms with van der Waals surface area (Å²) in [7, 11) is 3.18. The van der Waals surface area contributed by atoms with Gasteiger partial charge in [0.15, 0.2) is 0 Å². The molecule has 0 saturated heterocycles. The molecule has 1 amide bonds. The van der Waals surface area contributed by atoms with Gasteiger partial charge in [-0.25, -0.2) is 4.98 Å². The SMILES string of the molecule is COc1ccc(Nc2ccc(C(=O)NCc3ccc(Cl)cc3)cn2)c(OC)c1. The minimum absolute atomic E-state index is 0.198. The Labute approximate surface area is 168 Å². The van der Waals surface area contributed by atoms with Gasteiger partial charge in [0.25, 0.3) is 5.91 Å². The molecular weight excluding hydrogens is 378 g/mol. The van der Waals surface area contributed by atoms with Gasteiger partial charge in [-0.2, -0.15) is 0 Å². The molecule has 0 aliphatic carbocycles. The molecule has 1 heterocycles. The molecule has 0 aliphatic rings. The van der Waals surface area contributed by atoms with Gasteiger partial charge in [-0.1, -0.05) is 23.7 Å². The molecule has 0 atom stereocenters. The Morgan fingerprint density at radius 2 is 1.82 bits per heavy atom. The summed E-state index contributed by atoms with van der Waals surface area (Å²) < 4.78 is 10.6. The van der Waals surface area contributed by atoms with E-state index in [2.05, 4.69) is 15.6 Å². The van der Waals surface area contributed by atoms with Crippen molar-refractivity contribution >= 4 is 29.0 Å². The number of nitrogens with one attached hydrogen (secondary N) is 2. The highest BCUT2D eigenvalue weighted by Gasteiger charge is 2.09. The monoisotopic (exact) mass is 397 g/mol. The van der Waals surface area contributed by atoms with Gasteiger partial charge in [-0.05, 0) is 42.0 Å². The number of carbonyl (C=O) groups excluding carboxylic acids is 1. The maximum atomic E-state index is 12.3. The topological polar surface area (TPSA) is 72.5 Å². The number of hydrogen-bond donors (Lipinski definition) is 2. The van der Waals surface area contributed by atoms with Gasteiger partial charge >= 0.3 is 0 Å². The third-order valence-electron chi connectivity index (χ3n) is 4.06. The molecule has 28 heavy (non-hydrogen) atoms. The van der Waals surface area contributed by atoms with E-state index < -0.39 is 0 Å². The van der Waals surface area contributed by atoms with Crippen molar-refractivity contribution in [3.8, 4) is 11.5 Å². The van der Waals surface area contributed by atoms with Gasteiger partial charge < -0.3 is 20.1 Å². The van der Waals surface area contributed by atoms with Crippen LogP contribution in [0.3, 0.4) is 0 Å². The van der Waals surface area contributed by atoms with E-state index in [-0.39, 0.29) is 5.91 Å². The van der Waals surface area contributed by atoms with Crippen LogP contribution in [0.2, 0.25) is 5.02 Å². The zero-order chi connectivity index (χ0) is 19.9. The van der Waals surface area contributed by atoms with E-state index >= 15 is 0 Å². The molecule has 0 fully saturated rings. The highest BCUT2D eigenvalue weighted by atomic mass is 35.5. The maximum absolute atomic E-state index is 12.3. The first-order valence-electron chi connectivity index (χ1n) is 8.57. The summed E-state index contributed by atoms with van der Waals surface area (Å²) in [5, 5.41) is 6.69. The maximum Gasteiger partial charge on any atom is 0.253 e. The molecule has 3 aromatic rings. The van der Waals surface area contributed by atoms with Crippen LogP contribution in [0.5, 0.6) is 11.5 Å². The molecule has 0 spiro atoms. The lowest BCUT2D eigenvalue weighted by Gasteiger charge is -2.12. The van der Waals surface area contributed by atoms with Crippen LogP contribution in [0, 0.1) is 0 Å². The van der Waals surface area contributed by atoms with Gasteiger partial charge in [-0.3, -0.25) is 4.79 Å². The fraction of sp³-hybridized carbons (Fsp3) is 0.143. The van der Waals surface area contributed by atoms with Crippen LogP contribution in [-0.2, 0) is 6.54 Å². The predicted molar refractivity (Wildman–Crippen MR) is 110 cm³/mol. The fourth-order valence-electron chi connectivity index (χ4n) is 2.53. The standard InChI is InChI=1S/C21H20ClN3O3/c1-27-17-8-9-18(19(11-17)28-2)25-20-10-5-15(13-23-20)21(26)24-12-14-3-6-16(22)7-4-14/h3-11,13H,12H2,1-2H3,(H,23,25)(H,24,26). The summed E-state index contributed by atoms with van der Waals surface area (Å²) in [6, 6.07) is 16.2. The van der Waals surface area contributed by atoms with Crippen LogP contribution in [0.4, 0.5) is 11.5 Å². The third kappa shape index (κ3) is 4.92. The molecule has 1 aromatic heterocycles. The van der Waals surface area contributed by atoms with Gasteiger partial charge in [0.05, 0.1) is 25.5 Å². The number of methoxy groups -OCH3 is 2. The molecule has 2 N–H and O–H groups in total. The van der Waals surface area contributed by atoms with Crippen molar-refractivity contribution < 1.29 is 14.3 Å². The summed E-state index contributed by atoms with van der Waals surface area (Å²) in [6.07, 6.45) is 1.52. The van der Waals surface area contributed by atoms with Gasteiger partial charge in [-0.15, -0.1) is 0 Å². The Hall–Kier alpha value is -3.25. The van der Waals surface area contributed by atoms with Crippen molar-refractivity contribution in [2.45, 2.75) is 6.54 Å². The van der Waals surface area contributed by atoms with Crippen LogP contribution in [-0.4, -0.2) is 25.1 Å². The van der Waals surface area contributed by atoms with E-state index in [1.165, 1.54) is 6.20 Å². The molecule has 0 unspecified atom stereocenters. The third-order valence-corrected chi connectivity index (χ3v) is 4.32. The number of benzene rings is 2. The van der Waals surface area contributed by atoms with Crippen LogP contribution in [0.1, 0.15) is 15.9 Å². The van der Waals surface area contributed by atoms with Crippen LogP contribution in [0.25, 0.3) is 0 Å². The Kier molecular flexibility index (Phi) is 6.34. The summed E-state index contributed by atoms with van der Waals surface area (Å²) in [5.41, 5.74) is 2.19. The predicted octanol–water partition coefficient (Wildman–Crippen LogP) is 4.43. The van der Waals surface area contributed by atoms with E-state index in [1.54, 1.807) is 44.6 Å². The molecular formula is C21H20ClN3O3. The number of ether oxygens (including phenoxy) is 2. The van der Waals surface area contributed by atoms with Crippen LogP contribution < -0.4 is 20.1 Å². The molecule has 144 valence electrons. The van der Waals surface area contributed by atoms with Crippen molar-refractivity contribution in [1.82, 2.24) is 10.3 Å². The van der Waals surface area contributed by atoms with Gasteiger partial charge in [0.1, 0.15) is 17.3 Å². The van der Waals surface area contributed by atoms with Crippen LogP contribution >= 0.6 is 11.6 Å². The minimum atomic E-state index is -0.198. The first kappa shape index (κ1) is 19.5. The fourth-order valence-corrected chi connectivity index (χ4v) is 2.65. The summed E-state index contributed by atoms with van der Waals surface area (Å²) in [4.78, 5) is 16.6. The molecule has 0 bridgehead atoms. The highest BCUT2D eigenvalue weighted by molar-refractivity contribution is 6.30. The molecule has 6 nitrogen and oxygen atoms in total. The lowest BCUT2D eigenvalue weighted by atomic mass is 10.2. The summed E-state index contributed by atoms with van der Waals surface area (Å²) >= 11 is 5.86. The zero-order valence-corrected chi connectivity index (χ0v) is 16.3. The number of carbonyl (C=O) groups is 1. The Morgan fingerprint density at radius 3 is 2.46 bits per heavy atom. The normalized spacial score (nSPS) is 10.2. The average Bonchev–Trinajstić information content (AvgIpc) is 2.74. The second-order valence-electron chi connectivity index (χ2n) is 5.93. The van der Waals surface area contributed by atoms with E-state index in [0.29, 0.717) is 34.4 Å². The number of pyridine rings is 1. The second-order valence-corrected chi connectivity index (χ2v) is 6.37. The van der Waals surface area contributed by atoms with E-state index in [1.807, 2.05) is 24.3 Å². The Bertz CT molecular complexity index is 944. The molecule has 7 heteroatoms. The summed E-state index contributed by atoms with van der Waals surface area (Å²) in [6.45, 7) is 0.416. The van der Waals surface area contributed by atoms with Crippen molar-refractivity contribution in [3.63, 3.8) is 0 Å².